The number of rotatable bonds is 3. The first-order chi connectivity index (χ1) is 15.6. The number of hydrogen-bond acceptors (Lipinski definition) is 6. The maximum atomic E-state index is 12.9. The van der Waals surface area contributed by atoms with Gasteiger partial charge in [0.2, 0.25) is 0 Å². The predicted molar refractivity (Wildman–Crippen MR) is 122 cm³/mol. The number of carbonyl (C=O) groups excluding carboxylic acids is 1. The van der Waals surface area contributed by atoms with Gasteiger partial charge in [-0.25, -0.2) is 14.8 Å². The zero-order valence-electron chi connectivity index (χ0n) is 16.7. The summed E-state index contributed by atoms with van der Waals surface area (Å²) in [6, 6.07) is 25.3. The number of carbonyl (C=O) groups is 1. The second kappa shape index (κ2) is 7.88. The fourth-order valence-corrected chi connectivity index (χ4v) is 3.48. The zero-order chi connectivity index (χ0) is 22.1. The van der Waals surface area contributed by atoms with Crippen molar-refractivity contribution in [3.05, 3.63) is 112 Å². The lowest BCUT2D eigenvalue weighted by Crippen LogP contribution is -2.50. The van der Waals surface area contributed by atoms with E-state index >= 15 is 0 Å². The number of para-hydroxylation sites is 2. The summed E-state index contributed by atoms with van der Waals surface area (Å²) in [6.45, 7) is 0. The zero-order valence-corrected chi connectivity index (χ0v) is 16.7. The molecule has 0 atom stereocenters. The van der Waals surface area contributed by atoms with Gasteiger partial charge in [0.1, 0.15) is 22.6 Å². The maximum absolute atomic E-state index is 12.9. The van der Waals surface area contributed by atoms with Gasteiger partial charge < -0.3 is 9.52 Å². The largest absolute Gasteiger partial charge is 0.506 e. The Balaban J connectivity index is 1.68. The molecular formula is C25H17N3O4. The summed E-state index contributed by atoms with van der Waals surface area (Å²) in [4.78, 5) is 30.0. The van der Waals surface area contributed by atoms with E-state index in [2.05, 4.69) is 10.4 Å². The topological polar surface area (TPSA) is 95.1 Å². The standard InChI is InChI=1S/C25H17N3O4/c29-22-18-13-7-8-14-21(18)32-25(31)19(22)15-20-24(30)27-28(17-11-5-2-6-12-17)23(26-20)16-9-3-1-4-10-16/h1-15,29H,(H,27,30)/b20-15+. The number of aromatic hydroxyl groups is 1. The Bertz CT molecular complexity index is 1440. The van der Waals surface area contributed by atoms with E-state index in [0.717, 1.165) is 11.3 Å². The van der Waals surface area contributed by atoms with Crippen molar-refractivity contribution in [3.8, 4) is 5.75 Å². The van der Waals surface area contributed by atoms with Crippen molar-refractivity contribution in [2.75, 3.05) is 5.01 Å². The Morgan fingerprint density at radius 2 is 1.53 bits per heavy atom. The SMILES string of the molecule is O=C1NN(c2ccccc2)C(c2ccccc2)=N/C1=C/c1c(O)c2ccccc2oc1=O. The normalized spacial score (nSPS) is 15.0. The number of benzene rings is 3. The van der Waals surface area contributed by atoms with Crippen LogP contribution in [0, 0.1) is 0 Å². The number of fused-ring (bicyclic) bond motifs is 1. The lowest BCUT2D eigenvalue weighted by atomic mass is 10.1. The van der Waals surface area contributed by atoms with Gasteiger partial charge in [-0.05, 0) is 30.3 Å². The van der Waals surface area contributed by atoms with Crippen LogP contribution in [-0.4, -0.2) is 16.8 Å². The number of aliphatic imine (C=N–C) groups is 1. The first-order valence-corrected chi connectivity index (χ1v) is 9.88. The van der Waals surface area contributed by atoms with Gasteiger partial charge in [0, 0.05) is 5.56 Å². The molecule has 0 aliphatic carbocycles. The van der Waals surface area contributed by atoms with E-state index in [1.165, 1.54) is 6.08 Å². The van der Waals surface area contributed by atoms with Crippen LogP contribution in [0.25, 0.3) is 17.0 Å². The number of hydrazine groups is 1. The molecule has 5 rings (SSSR count). The summed E-state index contributed by atoms with van der Waals surface area (Å²) in [5.74, 6) is -0.327. The Labute approximate surface area is 182 Å². The predicted octanol–water partition coefficient (Wildman–Crippen LogP) is 3.84. The third kappa shape index (κ3) is 3.41. The van der Waals surface area contributed by atoms with Crippen molar-refractivity contribution < 1.29 is 14.3 Å². The summed E-state index contributed by atoms with van der Waals surface area (Å²) in [6.07, 6.45) is 1.24. The molecular weight excluding hydrogens is 406 g/mol. The molecule has 2 N–H and O–H groups in total. The van der Waals surface area contributed by atoms with Gasteiger partial charge in [-0.3, -0.25) is 10.2 Å². The van der Waals surface area contributed by atoms with Crippen LogP contribution in [0.3, 0.4) is 0 Å². The Hall–Kier alpha value is -4.65. The van der Waals surface area contributed by atoms with Crippen LogP contribution >= 0.6 is 0 Å². The second-order valence-corrected chi connectivity index (χ2v) is 7.09. The van der Waals surface area contributed by atoms with E-state index in [1.807, 2.05) is 60.7 Å². The van der Waals surface area contributed by atoms with Crippen LogP contribution in [0.15, 0.2) is 105 Å². The summed E-state index contributed by atoms with van der Waals surface area (Å²) in [5, 5.41) is 12.6. The van der Waals surface area contributed by atoms with Crippen LogP contribution in [-0.2, 0) is 4.79 Å². The van der Waals surface area contributed by atoms with Crippen molar-refractivity contribution >= 4 is 34.5 Å². The highest BCUT2D eigenvalue weighted by Crippen LogP contribution is 2.28. The number of nitrogens with one attached hydrogen (secondary N) is 1. The fourth-order valence-electron chi connectivity index (χ4n) is 3.48. The summed E-state index contributed by atoms with van der Waals surface area (Å²) >= 11 is 0. The first-order valence-electron chi connectivity index (χ1n) is 9.88. The molecule has 0 unspecified atom stereocenters. The molecule has 1 aromatic heterocycles. The Kier molecular flexibility index (Phi) is 4.76. The molecule has 7 nitrogen and oxygen atoms in total. The second-order valence-electron chi connectivity index (χ2n) is 7.09. The van der Waals surface area contributed by atoms with Crippen molar-refractivity contribution in [2.45, 2.75) is 0 Å². The van der Waals surface area contributed by atoms with E-state index in [0.29, 0.717) is 11.2 Å². The molecule has 3 aromatic carbocycles. The molecule has 0 saturated carbocycles. The van der Waals surface area contributed by atoms with E-state index in [1.54, 1.807) is 29.3 Å². The van der Waals surface area contributed by atoms with Crippen LogP contribution in [0.4, 0.5) is 5.69 Å². The molecule has 0 bridgehead atoms. The molecule has 0 spiro atoms. The van der Waals surface area contributed by atoms with Crippen LogP contribution in [0.2, 0.25) is 0 Å². The van der Waals surface area contributed by atoms with E-state index in [9.17, 15) is 14.7 Å². The number of amides is 1. The van der Waals surface area contributed by atoms with Crippen LogP contribution < -0.4 is 16.1 Å². The number of nitrogens with zero attached hydrogens (tertiary/aromatic N) is 2. The molecule has 4 aromatic rings. The average Bonchev–Trinajstić information content (AvgIpc) is 2.83. The van der Waals surface area contributed by atoms with Gasteiger partial charge in [-0.2, -0.15) is 0 Å². The average molecular weight is 423 g/mol. The molecule has 2 heterocycles. The molecule has 32 heavy (non-hydrogen) atoms. The van der Waals surface area contributed by atoms with Gasteiger partial charge >= 0.3 is 5.63 Å². The van der Waals surface area contributed by atoms with E-state index < -0.39 is 11.5 Å². The van der Waals surface area contributed by atoms with E-state index in [4.69, 9.17) is 4.42 Å². The van der Waals surface area contributed by atoms with Crippen LogP contribution in [0.1, 0.15) is 11.1 Å². The number of anilines is 1. The third-order valence-corrected chi connectivity index (χ3v) is 5.03. The van der Waals surface area contributed by atoms with Crippen molar-refractivity contribution in [1.82, 2.24) is 5.43 Å². The Morgan fingerprint density at radius 1 is 0.875 bits per heavy atom. The van der Waals surface area contributed by atoms with Gasteiger partial charge in [0.05, 0.1) is 11.1 Å². The van der Waals surface area contributed by atoms with Crippen molar-refractivity contribution in [2.24, 2.45) is 4.99 Å². The van der Waals surface area contributed by atoms with Gasteiger partial charge in [0.25, 0.3) is 5.91 Å². The third-order valence-electron chi connectivity index (χ3n) is 5.03. The molecule has 0 fully saturated rings. The highest BCUT2D eigenvalue weighted by Gasteiger charge is 2.27. The summed E-state index contributed by atoms with van der Waals surface area (Å²) in [5.41, 5.74) is 3.61. The lowest BCUT2D eigenvalue weighted by molar-refractivity contribution is -0.117. The number of hydrogen-bond donors (Lipinski definition) is 2. The van der Waals surface area contributed by atoms with Gasteiger partial charge in [0.15, 0.2) is 5.84 Å². The molecule has 0 radical (unpaired) electrons. The smallest absolute Gasteiger partial charge is 0.347 e. The molecule has 1 aliphatic rings. The van der Waals surface area contributed by atoms with Crippen LogP contribution in [0.5, 0.6) is 5.75 Å². The summed E-state index contributed by atoms with van der Waals surface area (Å²) < 4.78 is 5.30. The van der Waals surface area contributed by atoms with Gasteiger partial charge in [-0.1, -0.05) is 60.7 Å². The Morgan fingerprint density at radius 3 is 2.28 bits per heavy atom. The molecule has 0 saturated heterocycles. The molecule has 1 amide bonds. The molecule has 156 valence electrons. The minimum absolute atomic E-state index is 0.0334. The summed E-state index contributed by atoms with van der Waals surface area (Å²) in [7, 11) is 0. The molecule has 1 aliphatic heterocycles. The minimum Gasteiger partial charge on any atom is -0.506 e. The quantitative estimate of drug-likeness (QED) is 0.386. The van der Waals surface area contributed by atoms with Gasteiger partial charge in [-0.15, -0.1) is 0 Å². The monoisotopic (exact) mass is 423 g/mol. The number of amidine groups is 1. The maximum Gasteiger partial charge on any atom is 0.347 e. The lowest BCUT2D eigenvalue weighted by Gasteiger charge is -2.30. The fraction of sp³-hybridized carbons (Fsp3) is 0. The van der Waals surface area contributed by atoms with Crippen molar-refractivity contribution in [1.29, 1.82) is 0 Å². The highest BCUT2D eigenvalue weighted by atomic mass is 16.4. The molecule has 7 heteroatoms. The van der Waals surface area contributed by atoms with E-state index in [-0.39, 0.29) is 22.6 Å². The highest BCUT2D eigenvalue weighted by molar-refractivity contribution is 6.17. The first kappa shape index (κ1) is 19.3. The van der Waals surface area contributed by atoms with Crippen molar-refractivity contribution in [3.63, 3.8) is 0 Å². The minimum atomic E-state index is -0.761.